The molecule has 3 N–H and O–H groups in total. The molecule has 0 aliphatic carbocycles. The molecule has 0 spiro atoms. The monoisotopic (exact) mass is 624 g/mol. The fourth-order valence-electron chi connectivity index (χ4n) is 5.52. The molecule has 5 aromatic rings. The van der Waals surface area contributed by atoms with Crippen LogP contribution in [0.1, 0.15) is 56.6 Å². The van der Waals surface area contributed by atoms with Crippen LogP contribution in [-0.2, 0) is 5.41 Å². The van der Waals surface area contributed by atoms with E-state index in [1.165, 1.54) is 0 Å². The highest BCUT2D eigenvalue weighted by molar-refractivity contribution is 7.99. The zero-order valence-corrected chi connectivity index (χ0v) is 27.0. The van der Waals surface area contributed by atoms with E-state index in [1.807, 2.05) is 67.6 Å². The van der Waals surface area contributed by atoms with Crippen molar-refractivity contribution < 1.29 is 9.90 Å². The first-order valence-electron chi connectivity index (χ1n) is 15.4. The van der Waals surface area contributed by atoms with Crippen molar-refractivity contribution in [3.63, 3.8) is 0 Å². The van der Waals surface area contributed by atoms with Crippen molar-refractivity contribution in [2.45, 2.75) is 61.7 Å². The summed E-state index contributed by atoms with van der Waals surface area (Å²) in [6.07, 6.45) is 4.12. The number of nitrogens with zero attached hydrogens (tertiary/aromatic N) is 6. The third-order valence-corrected chi connectivity index (χ3v) is 9.10. The minimum absolute atomic E-state index is 0.171. The van der Waals surface area contributed by atoms with Gasteiger partial charge in [0.2, 0.25) is 0 Å². The number of aromatic nitrogens is 5. The molecule has 6 rings (SSSR count). The SMILES string of the molecule is Cc1ccc(-n2nc(C(C)(C)C)cc2NC(=O)Nc2ccc(Sc3ccc4nnc(C5CCN(CCO)CC5)n4c3)cc2)cc1. The molecule has 1 aliphatic rings. The zero-order chi connectivity index (χ0) is 31.6. The number of nitrogens with one attached hydrogen (secondary N) is 2. The number of carbonyl (C=O) groups is 1. The highest BCUT2D eigenvalue weighted by Crippen LogP contribution is 2.32. The number of pyridine rings is 1. The summed E-state index contributed by atoms with van der Waals surface area (Å²) in [5, 5.41) is 28.9. The maximum atomic E-state index is 13.1. The predicted octanol–water partition coefficient (Wildman–Crippen LogP) is 6.49. The maximum Gasteiger partial charge on any atom is 0.324 e. The fourth-order valence-corrected chi connectivity index (χ4v) is 6.36. The number of likely N-dealkylation sites (tertiary alicyclic amines) is 1. The van der Waals surface area contributed by atoms with Gasteiger partial charge in [-0.25, -0.2) is 9.48 Å². The molecule has 0 unspecified atom stereocenters. The summed E-state index contributed by atoms with van der Waals surface area (Å²) in [6, 6.07) is 21.5. The molecule has 0 bridgehead atoms. The zero-order valence-electron chi connectivity index (χ0n) is 26.2. The van der Waals surface area contributed by atoms with Crippen molar-refractivity contribution in [2.75, 3.05) is 36.9 Å². The Hall–Kier alpha value is -4.19. The van der Waals surface area contributed by atoms with Gasteiger partial charge in [-0.15, -0.1) is 10.2 Å². The molecular weight excluding hydrogens is 584 g/mol. The summed E-state index contributed by atoms with van der Waals surface area (Å²) in [5.41, 5.74) is 4.30. The van der Waals surface area contributed by atoms with Gasteiger partial charge >= 0.3 is 6.03 Å². The van der Waals surface area contributed by atoms with Crippen LogP contribution < -0.4 is 10.6 Å². The molecule has 234 valence electrons. The second kappa shape index (κ2) is 13.0. The molecule has 10 nitrogen and oxygen atoms in total. The Morgan fingerprint density at radius 1 is 0.956 bits per heavy atom. The number of aliphatic hydroxyl groups is 1. The lowest BCUT2D eigenvalue weighted by molar-refractivity contribution is 0.162. The number of aryl methyl sites for hydroxylation is 1. The van der Waals surface area contributed by atoms with Gasteiger partial charge in [-0.2, -0.15) is 5.10 Å². The number of amides is 2. The van der Waals surface area contributed by atoms with Gasteiger partial charge in [-0.05, 0) is 81.4 Å². The minimum Gasteiger partial charge on any atom is -0.395 e. The third-order valence-electron chi connectivity index (χ3n) is 8.12. The molecular formula is C34H40N8O2S. The standard InChI is InChI=1S/C34H40N8O2S/c1-23-5-9-26(10-6-23)42-31(21-29(39-42)34(2,3)4)36-33(44)35-25-7-11-27(12-8-25)45-28-13-14-30-37-38-32(41(30)22-28)24-15-17-40(18-16-24)19-20-43/h5-14,21-22,24,43H,15-20H2,1-4H3,(H2,35,36,44). The number of rotatable bonds is 8. The Balaban J connectivity index is 1.11. The molecule has 0 atom stereocenters. The van der Waals surface area contributed by atoms with Crippen LogP contribution in [0, 0.1) is 6.92 Å². The first-order valence-corrected chi connectivity index (χ1v) is 16.2. The van der Waals surface area contributed by atoms with Gasteiger partial charge in [0.25, 0.3) is 0 Å². The molecule has 11 heteroatoms. The van der Waals surface area contributed by atoms with Gasteiger partial charge in [0.15, 0.2) is 5.65 Å². The molecule has 1 fully saturated rings. The Kier molecular flexibility index (Phi) is 8.93. The summed E-state index contributed by atoms with van der Waals surface area (Å²) < 4.78 is 3.89. The van der Waals surface area contributed by atoms with Crippen molar-refractivity contribution in [1.82, 2.24) is 29.3 Å². The average molecular weight is 625 g/mol. The van der Waals surface area contributed by atoms with Crippen LogP contribution in [-0.4, -0.2) is 66.7 Å². The summed E-state index contributed by atoms with van der Waals surface area (Å²) >= 11 is 1.65. The smallest absolute Gasteiger partial charge is 0.324 e. The highest BCUT2D eigenvalue weighted by atomic mass is 32.2. The maximum absolute atomic E-state index is 13.1. The Morgan fingerprint density at radius 3 is 2.36 bits per heavy atom. The number of fused-ring (bicyclic) bond motifs is 1. The number of urea groups is 1. The van der Waals surface area contributed by atoms with E-state index in [-0.39, 0.29) is 18.1 Å². The first-order chi connectivity index (χ1) is 21.7. The van der Waals surface area contributed by atoms with E-state index >= 15 is 0 Å². The van der Waals surface area contributed by atoms with Crippen LogP contribution in [0.25, 0.3) is 11.3 Å². The van der Waals surface area contributed by atoms with Crippen LogP contribution in [0.4, 0.5) is 16.3 Å². The fraction of sp³-hybridized carbons (Fsp3) is 0.353. The summed E-state index contributed by atoms with van der Waals surface area (Å²) in [6.45, 7) is 11.2. The van der Waals surface area contributed by atoms with E-state index in [4.69, 9.17) is 5.10 Å². The number of benzene rings is 2. The summed E-state index contributed by atoms with van der Waals surface area (Å²) in [5.74, 6) is 1.95. The molecule has 45 heavy (non-hydrogen) atoms. The molecule has 3 aromatic heterocycles. The number of aliphatic hydroxyl groups excluding tert-OH is 1. The van der Waals surface area contributed by atoms with Crippen LogP contribution >= 0.6 is 11.8 Å². The molecule has 2 aromatic carbocycles. The van der Waals surface area contributed by atoms with E-state index in [1.54, 1.807) is 16.4 Å². The van der Waals surface area contributed by atoms with E-state index in [0.717, 1.165) is 70.7 Å². The predicted molar refractivity (Wildman–Crippen MR) is 179 cm³/mol. The van der Waals surface area contributed by atoms with E-state index in [2.05, 4.69) is 63.2 Å². The number of piperidine rings is 1. The highest BCUT2D eigenvalue weighted by Gasteiger charge is 2.25. The van der Waals surface area contributed by atoms with Crippen molar-refractivity contribution in [2.24, 2.45) is 0 Å². The lowest BCUT2D eigenvalue weighted by Gasteiger charge is -2.30. The average Bonchev–Trinajstić information content (AvgIpc) is 3.64. The summed E-state index contributed by atoms with van der Waals surface area (Å²) in [4.78, 5) is 17.5. The van der Waals surface area contributed by atoms with E-state index < -0.39 is 0 Å². The Labute approximate surface area is 267 Å². The van der Waals surface area contributed by atoms with Crippen LogP contribution in [0.5, 0.6) is 0 Å². The normalized spacial score (nSPS) is 14.6. The number of anilines is 2. The summed E-state index contributed by atoms with van der Waals surface area (Å²) in [7, 11) is 0. The molecule has 0 radical (unpaired) electrons. The lowest BCUT2D eigenvalue weighted by Crippen LogP contribution is -2.35. The second-order valence-electron chi connectivity index (χ2n) is 12.6. The van der Waals surface area contributed by atoms with Crippen molar-refractivity contribution in [3.8, 4) is 5.69 Å². The molecule has 1 aliphatic heterocycles. The third kappa shape index (κ3) is 7.22. The largest absolute Gasteiger partial charge is 0.395 e. The number of hydrogen-bond acceptors (Lipinski definition) is 7. The first kappa shape index (κ1) is 30.8. The van der Waals surface area contributed by atoms with E-state index in [0.29, 0.717) is 17.4 Å². The van der Waals surface area contributed by atoms with Gasteiger partial charge in [0.05, 0.1) is 18.0 Å². The Bertz CT molecular complexity index is 1770. The van der Waals surface area contributed by atoms with Gasteiger partial charge in [0, 0.05) is 45.6 Å². The van der Waals surface area contributed by atoms with Crippen molar-refractivity contribution >= 4 is 34.9 Å². The van der Waals surface area contributed by atoms with Gasteiger partial charge in [-0.3, -0.25) is 9.72 Å². The molecule has 4 heterocycles. The molecule has 2 amide bonds. The van der Waals surface area contributed by atoms with Crippen LogP contribution in [0.3, 0.4) is 0 Å². The number of hydrogen-bond donors (Lipinski definition) is 3. The lowest BCUT2D eigenvalue weighted by atomic mass is 9.92. The van der Waals surface area contributed by atoms with Gasteiger partial charge in [-0.1, -0.05) is 50.2 Å². The Morgan fingerprint density at radius 2 is 1.67 bits per heavy atom. The number of carbonyl (C=O) groups excluding carboxylic acids is 1. The second-order valence-corrected chi connectivity index (χ2v) is 13.8. The van der Waals surface area contributed by atoms with Crippen molar-refractivity contribution in [3.05, 3.63) is 90.0 Å². The minimum atomic E-state index is -0.336. The van der Waals surface area contributed by atoms with Gasteiger partial charge in [0.1, 0.15) is 11.6 Å². The van der Waals surface area contributed by atoms with E-state index in [9.17, 15) is 9.90 Å². The van der Waals surface area contributed by atoms with Crippen molar-refractivity contribution in [1.29, 1.82) is 0 Å². The van der Waals surface area contributed by atoms with Gasteiger partial charge < -0.3 is 15.3 Å². The molecule has 0 saturated carbocycles. The number of β-amino-alcohol motifs (C(OH)–C–C–N with tert-alkyl or cyclic N) is 1. The van der Waals surface area contributed by atoms with Crippen LogP contribution in [0.2, 0.25) is 0 Å². The topological polar surface area (TPSA) is 113 Å². The molecule has 1 saturated heterocycles. The quantitative estimate of drug-likeness (QED) is 0.181. The van der Waals surface area contributed by atoms with Crippen LogP contribution in [0.15, 0.2) is 82.7 Å².